The van der Waals surface area contributed by atoms with Crippen molar-refractivity contribution in [3.05, 3.63) is 70.7 Å². The summed E-state index contributed by atoms with van der Waals surface area (Å²) in [5, 5.41) is 1.03. The number of carbonyl (C=O) groups excluding carboxylic acids is 2. The predicted molar refractivity (Wildman–Crippen MR) is 121 cm³/mol. The van der Waals surface area contributed by atoms with Crippen molar-refractivity contribution in [2.24, 2.45) is 0 Å². The molecule has 0 spiro atoms. The summed E-state index contributed by atoms with van der Waals surface area (Å²) >= 11 is 0. The highest BCUT2D eigenvalue weighted by atomic mass is 19.1. The van der Waals surface area contributed by atoms with Crippen molar-refractivity contribution in [3.63, 3.8) is 0 Å². The van der Waals surface area contributed by atoms with Crippen molar-refractivity contribution >= 4 is 22.7 Å². The number of hydrogen-bond donors (Lipinski definition) is 1. The maximum absolute atomic E-state index is 13.4. The minimum Gasteiger partial charge on any atom is -0.358 e. The molecule has 3 aromatic rings. The van der Waals surface area contributed by atoms with Crippen molar-refractivity contribution in [1.29, 1.82) is 0 Å². The van der Waals surface area contributed by atoms with Crippen LogP contribution in [-0.4, -0.2) is 64.2 Å². The summed E-state index contributed by atoms with van der Waals surface area (Å²) in [6.45, 7) is 6.42. The molecule has 2 aliphatic heterocycles. The van der Waals surface area contributed by atoms with Crippen LogP contribution < -0.4 is 0 Å². The molecule has 0 atom stereocenters. The van der Waals surface area contributed by atoms with Crippen LogP contribution in [0.4, 0.5) is 4.39 Å². The molecular weight excluding hydrogens is 407 g/mol. The first kappa shape index (κ1) is 20.7. The molecule has 1 aromatic heterocycles. The lowest BCUT2D eigenvalue weighted by Crippen LogP contribution is -2.48. The number of amides is 2. The topological polar surface area (TPSA) is 59.7 Å². The monoisotopic (exact) mass is 434 g/mol. The van der Waals surface area contributed by atoms with E-state index in [-0.39, 0.29) is 17.6 Å². The summed E-state index contributed by atoms with van der Waals surface area (Å²) < 4.78 is 13.4. The minimum atomic E-state index is -0.218. The third kappa shape index (κ3) is 4.00. The van der Waals surface area contributed by atoms with Gasteiger partial charge < -0.3 is 14.8 Å². The predicted octanol–water partition coefficient (Wildman–Crippen LogP) is 3.17. The van der Waals surface area contributed by atoms with Crippen LogP contribution in [0.2, 0.25) is 0 Å². The van der Waals surface area contributed by atoms with E-state index in [2.05, 4.69) is 9.88 Å². The molecular formula is C25H27FN4O2. The molecule has 2 aromatic carbocycles. The Morgan fingerprint density at radius 1 is 1.00 bits per heavy atom. The van der Waals surface area contributed by atoms with Crippen LogP contribution in [0.5, 0.6) is 0 Å². The van der Waals surface area contributed by atoms with Gasteiger partial charge in [-0.3, -0.25) is 14.5 Å². The Hall–Kier alpha value is -3.19. The SMILES string of the molecule is CC(=O)N1CCc2[nH]c3ccc(C(=O)N4CCN(Cc5cccc(F)c5)CC4)cc3c2C1. The van der Waals surface area contributed by atoms with Gasteiger partial charge in [0.2, 0.25) is 5.91 Å². The molecule has 1 N–H and O–H groups in total. The average Bonchev–Trinajstić information content (AvgIpc) is 3.16. The highest BCUT2D eigenvalue weighted by Gasteiger charge is 2.25. The molecule has 5 rings (SSSR count). The molecule has 3 heterocycles. The van der Waals surface area contributed by atoms with E-state index in [4.69, 9.17) is 0 Å². The summed E-state index contributed by atoms with van der Waals surface area (Å²) in [5.74, 6) is -0.107. The Labute approximate surface area is 186 Å². The van der Waals surface area contributed by atoms with Crippen molar-refractivity contribution in [1.82, 2.24) is 19.7 Å². The molecule has 7 heteroatoms. The molecule has 2 amide bonds. The Bertz CT molecular complexity index is 1180. The van der Waals surface area contributed by atoms with E-state index in [1.54, 1.807) is 19.1 Å². The first-order valence-electron chi connectivity index (χ1n) is 11.1. The number of aromatic nitrogens is 1. The van der Waals surface area contributed by atoms with Gasteiger partial charge in [-0.15, -0.1) is 0 Å². The van der Waals surface area contributed by atoms with Gasteiger partial charge in [0.15, 0.2) is 0 Å². The second-order valence-electron chi connectivity index (χ2n) is 8.73. The molecule has 0 aliphatic carbocycles. The highest BCUT2D eigenvalue weighted by molar-refractivity contribution is 5.99. The molecule has 0 bridgehead atoms. The fraction of sp³-hybridized carbons (Fsp3) is 0.360. The lowest BCUT2D eigenvalue weighted by Gasteiger charge is -2.34. The van der Waals surface area contributed by atoms with Crippen LogP contribution >= 0.6 is 0 Å². The number of nitrogens with one attached hydrogen (secondary N) is 1. The third-order valence-electron chi connectivity index (χ3n) is 6.62. The standard InChI is InChI=1S/C25H27FN4O2/c1-17(31)30-8-7-24-22(16-30)21-14-19(5-6-23(21)27-24)25(32)29-11-9-28(10-12-29)15-18-3-2-4-20(26)13-18/h2-6,13-14,27H,7-12,15-16H2,1H3. The van der Waals surface area contributed by atoms with Gasteiger partial charge in [0, 0.05) is 86.9 Å². The maximum atomic E-state index is 13.4. The first-order chi connectivity index (χ1) is 15.5. The zero-order valence-electron chi connectivity index (χ0n) is 18.2. The number of fused-ring (bicyclic) bond motifs is 3. The van der Waals surface area contributed by atoms with Gasteiger partial charge >= 0.3 is 0 Å². The number of rotatable bonds is 3. The Balaban J connectivity index is 1.28. The fourth-order valence-electron chi connectivity index (χ4n) is 4.80. The van der Waals surface area contributed by atoms with Crippen molar-refractivity contribution in [2.45, 2.75) is 26.4 Å². The molecule has 6 nitrogen and oxygen atoms in total. The van der Waals surface area contributed by atoms with E-state index in [0.717, 1.165) is 53.8 Å². The number of hydrogen-bond acceptors (Lipinski definition) is 3. The van der Waals surface area contributed by atoms with E-state index < -0.39 is 0 Å². The second-order valence-corrected chi connectivity index (χ2v) is 8.73. The van der Waals surface area contributed by atoms with Crippen LogP contribution in [0.25, 0.3) is 10.9 Å². The fourth-order valence-corrected chi connectivity index (χ4v) is 4.80. The summed E-state index contributed by atoms with van der Waals surface area (Å²) in [5.41, 5.74) is 4.92. The number of piperazine rings is 1. The number of carbonyl (C=O) groups is 2. The van der Waals surface area contributed by atoms with E-state index in [1.165, 1.54) is 6.07 Å². The Morgan fingerprint density at radius 2 is 1.81 bits per heavy atom. The summed E-state index contributed by atoms with van der Waals surface area (Å²) in [7, 11) is 0. The number of H-pyrrole nitrogens is 1. The second kappa shape index (κ2) is 8.39. The highest BCUT2D eigenvalue weighted by Crippen LogP contribution is 2.29. The van der Waals surface area contributed by atoms with Crippen LogP contribution in [0.1, 0.15) is 34.1 Å². The maximum Gasteiger partial charge on any atom is 0.253 e. The summed E-state index contributed by atoms with van der Waals surface area (Å²) in [4.78, 5) is 34.5. The van der Waals surface area contributed by atoms with E-state index in [1.807, 2.05) is 34.1 Å². The van der Waals surface area contributed by atoms with Crippen molar-refractivity contribution < 1.29 is 14.0 Å². The lowest BCUT2D eigenvalue weighted by molar-refractivity contribution is -0.129. The lowest BCUT2D eigenvalue weighted by atomic mass is 10.0. The van der Waals surface area contributed by atoms with Crippen LogP contribution in [0.3, 0.4) is 0 Å². The zero-order chi connectivity index (χ0) is 22.2. The van der Waals surface area contributed by atoms with E-state index in [0.29, 0.717) is 31.7 Å². The summed E-state index contributed by atoms with van der Waals surface area (Å²) in [6.07, 6.45) is 0.806. The minimum absolute atomic E-state index is 0.0338. The normalized spacial score (nSPS) is 16.9. The van der Waals surface area contributed by atoms with Gasteiger partial charge in [-0.05, 0) is 35.9 Å². The Morgan fingerprint density at radius 3 is 2.56 bits per heavy atom. The molecule has 166 valence electrons. The third-order valence-corrected chi connectivity index (χ3v) is 6.62. The van der Waals surface area contributed by atoms with Gasteiger partial charge in [0.25, 0.3) is 5.91 Å². The number of halogens is 1. The smallest absolute Gasteiger partial charge is 0.253 e. The molecule has 32 heavy (non-hydrogen) atoms. The molecule has 2 aliphatic rings. The van der Waals surface area contributed by atoms with Gasteiger partial charge in [0.05, 0.1) is 0 Å². The van der Waals surface area contributed by atoms with E-state index >= 15 is 0 Å². The molecule has 1 fully saturated rings. The van der Waals surface area contributed by atoms with Crippen LogP contribution in [0.15, 0.2) is 42.5 Å². The largest absolute Gasteiger partial charge is 0.358 e. The van der Waals surface area contributed by atoms with Crippen molar-refractivity contribution in [3.8, 4) is 0 Å². The average molecular weight is 435 g/mol. The number of aromatic amines is 1. The van der Waals surface area contributed by atoms with Gasteiger partial charge in [0.1, 0.15) is 5.82 Å². The van der Waals surface area contributed by atoms with Crippen molar-refractivity contribution in [2.75, 3.05) is 32.7 Å². The Kier molecular flexibility index (Phi) is 5.43. The van der Waals surface area contributed by atoms with E-state index in [9.17, 15) is 14.0 Å². The molecule has 0 unspecified atom stereocenters. The van der Waals surface area contributed by atoms with Gasteiger partial charge in [-0.2, -0.15) is 0 Å². The van der Waals surface area contributed by atoms with Crippen LogP contribution in [-0.2, 0) is 24.3 Å². The zero-order valence-corrected chi connectivity index (χ0v) is 18.2. The van der Waals surface area contributed by atoms with Gasteiger partial charge in [-0.1, -0.05) is 12.1 Å². The molecule has 1 saturated heterocycles. The van der Waals surface area contributed by atoms with Gasteiger partial charge in [-0.25, -0.2) is 4.39 Å². The molecule has 0 saturated carbocycles. The van der Waals surface area contributed by atoms with Crippen LogP contribution in [0, 0.1) is 5.82 Å². The number of nitrogens with zero attached hydrogens (tertiary/aromatic N) is 3. The first-order valence-corrected chi connectivity index (χ1v) is 11.1. The number of benzene rings is 2. The molecule has 0 radical (unpaired) electrons. The summed E-state index contributed by atoms with van der Waals surface area (Å²) in [6, 6.07) is 12.5. The quantitative estimate of drug-likeness (QED) is 0.689.